The molecule has 7 heteroatoms. The largest absolute Gasteiger partial charge is 0.433 e. The molecule has 2 aliphatic heterocycles. The summed E-state index contributed by atoms with van der Waals surface area (Å²) in [6, 6.07) is 39.9. The Balaban J connectivity index is 0.000000184. The second-order valence-corrected chi connectivity index (χ2v) is 13.1. The van der Waals surface area contributed by atoms with E-state index in [2.05, 4.69) is 125 Å². The first kappa shape index (κ1) is 30.9. The maximum atomic E-state index is 4.66. The molecule has 5 heterocycles. The molecule has 7 aromatic rings. The molecule has 47 heavy (non-hydrogen) atoms. The second-order valence-electron chi connectivity index (χ2n) is 13.1. The Morgan fingerprint density at radius 3 is 1.94 bits per heavy atom. The molecule has 1 radical (unpaired) electrons. The van der Waals surface area contributed by atoms with Crippen molar-refractivity contribution in [2.24, 2.45) is 0 Å². The van der Waals surface area contributed by atoms with Crippen LogP contribution in [0.1, 0.15) is 49.9 Å². The molecular formula is C40H32BIrN5-2. The van der Waals surface area contributed by atoms with E-state index in [0.717, 1.165) is 22.3 Å². The van der Waals surface area contributed by atoms with Gasteiger partial charge in [-0.3, -0.25) is 0 Å². The summed E-state index contributed by atoms with van der Waals surface area (Å²) < 4.78 is 0. The SMILES string of the molecule is CC1(C)c2[c-]c(-c3ccccn3)cc3c2B(c2ccccc21)c1ccccc1C3(C)C.[Ir].c1cnc(-c2nc3ccccc3[n-]2)nc1. The van der Waals surface area contributed by atoms with Crippen molar-refractivity contribution in [3.05, 3.63) is 150 Å². The summed E-state index contributed by atoms with van der Waals surface area (Å²) in [6.07, 6.45) is 5.24. The summed E-state index contributed by atoms with van der Waals surface area (Å²) in [4.78, 5) is 21.6. The van der Waals surface area contributed by atoms with Crippen LogP contribution < -0.4 is 21.4 Å². The van der Waals surface area contributed by atoms with Crippen LogP contribution >= 0.6 is 0 Å². The molecule has 0 spiro atoms. The molecule has 5 nitrogen and oxygen atoms in total. The number of hydrogen-bond acceptors (Lipinski definition) is 4. The predicted octanol–water partition coefficient (Wildman–Crippen LogP) is 5.99. The molecular weight excluding hydrogens is 754 g/mol. The average Bonchev–Trinajstić information content (AvgIpc) is 3.54. The Bertz CT molecular complexity index is 2110. The van der Waals surface area contributed by atoms with Gasteiger partial charge < -0.3 is 15.0 Å². The van der Waals surface area contributed by atoms with Crippen LogP contribution in [0.5, 0.6) is 0 Å². The van der Waals surface area contributed by atoms with E-state index in [1.165, 1.54) is 38.6 Å². The van der Waals surface area contributed by atoms with Crippen LogP contribution in [0.2, 0.25) is 0 Å². The third-order valence-corrected chi connectivity index (χ3v) is 9.63. The zero-order valence-corrected chi connectivity index (χ0v) is 29.1. The molecule has 4 aromatic carbocycles. The van der Waals surface area contributed by atoms with E-state index in [0.29, 0.717) is 11.6 Å². The first-order chi connectivity index (χ1) is 22.3. The minimum atomic E-state index is -0.121. The van der Waals surface area contributed by atoms with Gasteiger partial charge in [0.15, 0.2) is 12.5 Å². The number of hydrogen-bond donors (Lipinski definition) is 0. The molecule has 2 aliphatic rings. The number of benzene rings is 4. The van der Waals surface area contributed by atoms with E-state index in [-0.39, 0.29) is 37.6 Å². The molecule has 0 bridgehead atoms. The standard InChI is InChI=1S/C29H25BN.C11H7N4.Ir/c1-28(2)20-11-5-7-13-24(20)30-25-14-8-6-12-21(25)29(3,4)23-18-19(17-22(28)27(23)30)26-15-9-10-16-31-26;1-2-5-9-8(4-1)14-11(15-9)10-12-6-3-7-13-10;/h5-17H,1-4H3;1-7H;/q2*-1;. The number of para-hydroxylation sites is 2. The number of nitrogens with zero attached hydrogens (tertiary/aromatic N) is 5. The van der Waals surface area contributed by atoms with E-state index in [9.17, 15) is 0 Å². The quantitative estimate of drug-likeness (QED) is 0.159. The Morgan fingerprint density at radius 2 is 1.26 bits per heavy atom. The Labute approximate surface area is 289 Å². The fraction of sp³-hybridized carbons (Fsp3) is 0.150. The first-order valence-corrected chi connectivity index (χ1v) is 15.7. The number of aromatic nitrogens is 5. The van der Waals surface area contributed by atoms with Crippen molar-refractivity contribution in [3.8, 4) is 22.9 Å². The molecule has 231 valence electrons. The van der Waals surface area contributed by atoms with Gasteiger partial charge in [0.1, 0.15) is 0 Å². The van der Waals surface area contributed by atoms with E-state index in [4.69, 9.17) is 0 Å². The maximum Gasteiger partial charge on any atom is 0.192 e. The molecule has 0 saturated carbocycles. The third kappa shape index (κ3) is 5.06. The number of imidazole rings is 1. The second kappa shape index (κ2) is 11.8. The molecule has 0 atom stereocenters. The molecule has 0 fully saturated rings. The van der Waals surface area contributed by atoms with E-state index >= 15 is 0 Å². The van der Waals surface area contributed by atoms with Gasteiger partial charge in [-0.2, -0.15) is 0 Å². The Hall–Kier alpha value is -4.71. The van der Waals surface area contributed by atoms with Crippen molar-refractivity contribution in [2.45, 2.75) is 38.5 Å². The minimum Gasteiger partial charge on any atom is -0.433 e. The first-order valence-electron chi connectivity index (χ1n) is 15.7. The smallest absolute Gasteiger partial charge is 0.192 e. The summed E-state index contributed by atoms with van der Waals surface area (Å²) in [5.74, 6) is 1.14. The Kier molecular flexibility index (Phi) is 7.78. The average molecular weight is 786 g/mol. The van der Waals surface area contributed by atoms with Crippen molar-refractivity contribution in [3.63, 3.8) is 0 Å². The van der Waals surface area contributed by atoms with Crippen molar-refractivity contribution in [2.75, 3.05) is 0 Å². The zero-order valence-electron chi connectivity index (χ0n) is 26.7. The maximum absolute atomic E-state index is 4.66. The Morgan fingerprint density at radius 1 is 0.638 bits per heavy atom. The minimum absolute atomic E-state index is 0. The fourth-order valence-electron chi connectivity index (χ4n) is 7.38. The summed E-state index contributed by atoms with van der Waals surface area (Å²) in [5, 5.41) is 0. The van der Waals surface area contributed by atoms with Crippen molar-refractivity contribution in [1.82, 2.24) is 24.9 Å². The number of rotatable bonds is 2. The fourth-order valence-corrected chi connectivity index (χ4v) is 7.38. The van der Waals surface area contributed by atoms with Gasteiger partial charge in [-0.05, 0) is 56.6 Å². The molecule has 0 saturated heterocycles. The summed E-state index contributed by atoms with van der Waals surface area (Å²) in [5.41, 5.74) is 13.5. The molecule has 0 amide bonds. The van der Waals surface area contributed by atoms with Gasteiger partial charge in [-0.15, -0.1) is 34.3 Å². The van der Waals surface area contributed by atoms with Crippen molar-refractivity contribution in [1.29, 1.82) is 0 Å². The monoisotopic (exact) mass is 786 g/mol. The molecule has 9 rings (SSSR count). The summed E-state index contributed by atoms with van der Waals surface area (Å²) in [7, 11) is 0. The van der Waals surface area contributed by atoms with Gasteiger partial charge >= 0.3 is 0 Å². The zero-order chi connectivity index (χ0) is 31.5. The van der Waals surface area contributed by atoms with Gasteiger partial charge in [-0.25, -0.2) is 9.97 Å². The normalized spacial score (nSPS) is 14.5. The van der Waals surface area contributed by atoms with Crippen molar-refractivity contribution >= 4 is 34.1 Å². The van der Waals surface area contributed by atoms with Gasteiger partial charge in [0, 0.05) is 38.7 Å². The van der Waals surface area contributed by atoms with Crippen LogP contribution in [0.15, 0.2) is 122 Å². The van der Waals surface area contributed by atoms with Crippen LogP contribution in [0, 0.1) is 6.07 Å². The van der Waals surface area contributed by atoms with E-state index < -0.39 is 0 Å². The van der Waals surface area contributed by atoms with E-state index in [1.807, 2.05) is 36.5 Å². The molecule has 0 aliphatic carbocycles. The van der Waals surface area contributed by atoms with Crippen LogP contribution in [-0.4, -0.2) is 26.6 Å². The number of pyridine rings is 1. The molecule has 3 aromatic heterocycles. The predicted molar refractivity (Wildman–Crippen MR) is 186 cm³/mol. The van der Waals surface area contributed by atoms with Crippen LogP contribution in [0.25, 0.3) is 33.9 Å². The van der Waals surface area contributed by atoms with Gasteiger partial charge in [0.05, 0.1) is 0 Å². The van der Waals surface area contributed by atoms with Gasteiger partial charge in [0.25, 0.3) is 0 Å². The topological polar surface area (TPSA) is 65.7 Å². The van der Waals surface area contributed by atoms with E-state index in [1.54, 1.807) is 18.5 Å². The van der Waals surface area contributed by atoms with Gasteiger partial charge in [-0.1, -0.05) is 124 Å². The summed E-state index contributed by atoms with van der Waals surface area (Å²) in [6.45, 7) is 9.70. The third-order valence-electron chi connectivity index (χ3n) is 9.63. The van der Waals surface area contributed by atoms with Gasteiger partial charge in [0.2, 0.25) is 0 Å². The van der Waals surface area contributed by atoms with Crippen molar-refractivity contribution < 1.29 is 20.1 Å². The molecule has 0 unspecified atom stereocenters. The van der Waals surface area contributed by atoms with Crippen LogP contribution in [0.3, 0.4) is 0 Å². The van der Waals surface area contributed by atoms with Crippen LogP contribution in [-0.2, 0) is 30.9 Å². The summed E-state index contributed by atoms with van der Waals surface area (Å²) >= 11 is 0. The molecule has 0 N–H and O–H groups in total. The van der Waals surface area contributed by atoms with Crippen LogP contribution in [0.4, 0.5) is 0 Å². The number of fused-ring (bicyclic) bond motifs is 5.